The van der Waals surface area contributed by atoms with Crippen molar-refractivity contribution in [2.75, 3.05) is 0 Å². The number of nitrogen functional groups attached to an aromatic ring is 1. The molecule has 3 N–H and O–H groups in total. The highest BCUT2D eigenvalue weighted by atomic mass is 32.2. The number of nitrogens with two attached hydrogens (primary N) is 1. The fraction of sp³-hybridized carbons (Fsp3) is 0.0625. The van der Waals surface area contributed by atoms with Gasteiger partial charge in [-0.1, -0.05) is 24.3 Å². The highest BCUT2D eigenvalue weighted by Gasteiger charge is 2.20. The highest BCUT2D eigenvalue weighted by Crippen LogP contribution is 2.24. The van der Waals surface area contributed by atoms with Gasteiger partial charge in [0.25, 0.3) is 0 Å². The number of hydrogen-bond donors (Lipinski definition) is 2. The van der Waals surface area contributed by atoms with E-state index in [0.717, 1.165) is 0 Å². The largest absolute Gasteiger partial charge is 0.382 e. The maximum Gasteiger partial charge on any atom is 0.353 e. The van der Waals surface area contributed by atoms with E-state index in [9.17, 15) is 13.2 Å². The molecule has 9 heteroatoms. The van der Waals surface area contributed by atoms with E-state index < -0.39 is 21.8 Å². The standard InChI is InChI=1S/C16H13N3O4S2/c17-14(18)15-19-12-7-6-10(8-13(12)24-15)9-25(21,22)23-16(20)11-4-2-1-3-5-11/h1-8H,9H2,(H3,17,18). The van der Waals surface area contributed by atoms with Crippen LogP contribution in [0.15, 0.2) is 48.5 Å². The highest BCUT2D eigenvalue weighted by molar-refractivity contribution is 7.86. The van der Waals surface area contributed by atoms with E-state index in [1.54, 1.807) is 36.4 Å². The van der Waals surface area contributed by atoms with E-state index >= 15 is 0 Å². The fourth-order valence-electron chi connectivity index (χ4n) is 2.15. The van der Waals surface area contributed by atoms with E-state index in [4.69, 9.17) is 11.1 Å². The van der Waals surface area contributed by atoms with Crippen LogP contribution in [0.5, 0.6) is 0 Å². The van der Waals surface area contributed by atoms with Gasteiger partial charge in [0.2, 0.25) is 0 Å². The van der Waals surface area contributed by atoms with Crippen LogP contribution < -0.4 is 5.73 Å². The number of benzene rings is 2. The number of amidine groups is 1. The summed E-state index contributed by atoms with van der Waals surface area (Å²) < 4.78 is 29.6. The lowest BCUT2D eigenvalue weighted by molar-refractivity contribution is 0.0746. The van der Waals surface area contributed by atoms with Gasteiger partial charge >= 0.3 is 16.1 Å². The number of hydrogen-bond acceptors (Lipinski definition) is 7. The number of rotatable bonds is 5. The maximum atomic E-state index is 12.1. The second kappa shape index (κ2) is 6.61. The molecule has 128 valence electrons. The van der Waals surface area contributed by atoms with Gasteiger partial charge in [0.05, 0.1) is 15.8 Å². The third-order valence-corrected chi connectivity index (χ3v) is 5.38. The molecule has 2 aromatic carbocycles. The summed E-state index contributed by atoms with van der Waals surface area (Å²) in [5, 5.41) is 7.76. The quantitative estimate of drug-likeness (QED) is 0.400. The van der Waals surface area contributed by atoms with Crippen LogP contribution in [-0.4, -0.2) is 25.2 Å². The first-order valence-corrected chi connectivity index (χ1v) is 9.49. The fourth-order valence-corrected chi connectivity index (χ4v) is 4.01. The molecule has 0 aliphatic heterocycles. The zero-order valence-corrected chi connectivity index (χ0v) is 14.4. The van der Waals surface area contributed by atoms with Crippen molar-refractivity contribution in [3.8, 4) is 0 Å². The topological polar surface area (TPSA) is 123 Å². The summed E-state index contributed by atoms with van der Waals surface area (Å²) in [5.41, 5.74) is 6.64. The lowest BCUT2D eigenvalue weighted by Crippen LogP contribution is -2.15. The molecule has 0 saturated carbocycles. The van der Waals surface area contributed by atoms with Crippen LogP contribution in [0.1, 0.15) is 20.9 Å². The first-order chi connectivity index (χ1) is 11.8. The summed E-state index contributed by atoms with van der Waals surface area (Å²) in [6.45, 7) is 0. The van der Waals surface area contributed by atoms with Crippen LogP contribution in [0, 0.1) is 5.41 Å². The lowest BCUT2D eigenvalue weighted by atomic mass is 10.2. The van der Waals surface area contributed by atoms with Crippen molar-refractivity contribution in [1.29, 1.82) is 5.41 Å². The Bertz CT molecular complexity index is 1060. The minimum Gasteiger partial charge on any atom is -0.382 e. The third kappa shape index (κ3) is 4.01. The summed E-state index contributed by atoms with van der Waals surface area (Å²) in [4.78, 5) is 16.1. The number of fused-ring (bicyclic) bond motifs is 1. The molecule has 0 radical (unpaired) electrons. The van der Waals surface area contributed by atoms with Crippen molar-refractivity contribution >= 4 is 43.5 Å². The Labute approximate surface area is 147 Å². The van der Waals surface area contributed by atoms with Crippen molar-refractivity contribution in [3.63, 3.8) is 0 Å². The minimum atomic E-state index is -4.09. The Morgan fingerprint density at radius 3 is 2.60 bits per heavy atom. The Morgan fingerprint density at radius 2 is 1.92 bits per heavy atom. The molecule has 0 amide bonds. The van der Waals surface area contributed by atoms with Gasteiger partial charge in [-0.3, -0.25) is 5.41 Å². The van der Waals surface area contributed by atoms with Crippen LogP contribution >= 0.6 is 11.3 Å². The number of carbonyl (C=O) groups excluding carboxylic acids is 1. The Hall–Kier alpha value is -2.78. The second-order valence-electron chi connectivity index (χ2n) is 5.17. The predicted molar refractivity (Wildman–Crippen MR) is 95.1 cm³/mol. The van der Waals surface area contributed by atoms with Gasteiger partial charge in [-0.25, -0.2) is 9.78 Å². The Morgan fingerprint density at radius 1 is 1.20 bits per heavy atom. The van der Waals surface area contributed by atoms with E-state index in [1.165, 1.54) is 23.5 Å². The molecule has 7 nitrogen and oxygen atoms in total. The zero-order valence-electron chi connectivity index (χ0n) is 12.8. The Balaban J connectivity index is 1.79. The van der Waals surface area contributed by atoms with Crippen LogP contribution in [0.4, 0.5) is 0 Å². The van der Waals surface area contributed by atoms with Crippen molar-refractivity contribution in [1.82, 2.24) is 4.98 Å². The van der Waals surface area contributed by atoms with Gasteiger partial charge in [0.1, 0.15) is 5.75 Å². The number of nitrogens with one attached hydrogen (secondary N) is 1. The first-order valence-electron chi connectivity index (χ1n) is 7.09. The monoisotopic (exact) mass is 375 g/mol. The summed E-state index contributed by atoms with van der Waals surface area (Å²) in [7, 11) is -4.09. The molecule has 0 aliphatic rings. The average molecular weight is 375 g/mol. The van der Waals surface area contributed by atoms with E-state index in [1.807, 2.05) is 0 Å². The molecule has 0 atom stereocenters. The second-order valence-corrected chi connectivity index (χ2v) is 7.77. The van der Waals surface area contributed by atoms with E-state index in [0.29, 0.717) is 20.8 Å². The van der Waals surface area contributed by atoms with Crippen LogP contribution in [0.25, 0.3) is 10.2 Å². The molecule has 25 heavy (non-hydrogen) atoms. The number of thiazole rings is 1. The van der Waals surface area contributed by atoms with E-state index in [2.05, 4.69) is 9.17 Å². The molecular formula is C16H13N3O4S2. The van der Waals surface area contributed by atoms with Crippen molar-refractivity contribution in [2.24, 2.45) is 5.73 Å². The van der Waals surface area contributed by atoms with E-state index in [-0.39, 0.29) is 11.4 Å². The molecule has 0 unspecified atom stereocenters. The van der Waals surface area contributed by atoms with Crippen LogP contribution in [0.2, 0.25) is 0 Å². The molecule has 0 spiro atoms. The zero-order chi connectivity index (χ0) is 18.0. The molecule has 1 heterocycles. The lowest BCUT2D eigenvalue weighted by Gasteiger charge is -2.06. The average Bonchev–Trinajstić information content (AvgIpc) is 2.98. The molecule has 3 aromatic rings. The number of aromatic nitrogens is 1. The number of carbonyl (C=O) groups is 1. The van der Waals surface area contributed by atoms with Crippen molar-refractivity contribution in [3.05, 3.63) is 64.7 Å². The van der Waals surface area contributed by atoms with Gasteiger partial charge in [0, 0.05) is 0 Å². The molecule has 0 fully saturated rings. The van der Waals surface area contributed by atoms with Crippen molar-refractivity contribution in [2.45, 2.75) is 5.75 Å². The normalized spacial score (nSPS) is 11.4. The van der Waals surface area contributed by atoms with Gasteiger partial charge in [-0.2, -0.15) is 8.42 Å². The Kier molecular flexibility index (Phi) is 4.51. The summed E-state index contributed by atoms with van der Waals surface area (Å²) >= 11 is 1.19. The molecule has 0 saturated heterocycles. The van der Waals surface area contributed by atoms with Gasteiger partial charge in [-0.15, -0.1) is 11.3 Å². The molecular weight excluding hydrogens is 362 g/mol. The molecule has 0 aliphatic carbocycles. The molecule has 3 rings (SSSR count). The van der Waals surface area contributed by atoms with Crippen LogP contribution in [0.3, 0.4) is 0 Å². The first kappa shape index (κ1) is 17.1. The summed E-state index contributed by atoms with van der Waals surface area (Å²) in [5.74, 6) is -1.51. The SMILES string of the molecule is N=C(N)c1nc2ccc(CS(=O)(=O)OC(=O)c3ccccc3)cc2s1. The van der Waals surface area contributed by atoms with Gasteiger partial charge in [-0.05, 0) is 29.8 Å². The smallest absolute Gasteiger partial charge is 0.353 e. The van der Waals surface area contributed by atoms with Crippen LogP contribution in [-0.2, 0) is 20.1 Å². The predicted octanol–water partition coefficient (Wildman–Crippen LogP) is 2.27. The summed E-state index contributed by atoms with van der Waals surface area (Å²) in [6, 6.07) is 12.8. The van der Waals surface area contributed by atoms with Gasteiger partial charge < -0.3 is 9.92 Å². The van der Waals surface area contributed by atoms with Gasteiger partial charge in [0.15, 0.2) is 10.8 Å². The molecule has 1 aromatic heterocycles. The number of nitrogens with zero attached hydrogens (tertiary/aromatic N) is 1. The summed E-state index contributed by atoms with van der Waals surface area (Å²) in [6.07, 6.45) is 0. The third-order valence-electron chi connectivity index (χ3n) is 3.24. The van der Waals surface area contributed by atoms with Crippen molar-refractivity contribution < 1.29 is 17.4 Å². The minimum absolute atomic E-state index is 0.146. The maximum absolute atomic E-state index is 12.1. The molecule has 0 bridgehead atoms.